The SMILES string of the molecule is [CH2]OCC(=O)NC1CCCCCC1. The number of rotatable bonds is 3. The topological polar surface area (TPSA) is 38.3 Å². The van der Waals surface area contributed by atoms with Gasteiger partial charge in [0.15, 0.2) is 0 Å². The van der Waals surface area contributed by atoms with Crippen LogP contribution < -0.4 is 5.32 Å². The summed E-state index contributed by atoms with van der Waals surface area (Å²) in [5.74, 6) is -0.0399. The second-order valence-electron chi connectivity index (χ2n) is 3.60. The molecular weight excluding hydrogens is 166 g/mol. The van der Waals surface area contributed by atoms with E-state index in [0.29, 0.717) is 6.04 Å². The number of hydrogen-bond donors (Lipinski definition) is 1. The van der Waals surface area contributed by atoms with Crippen molar-refractivity contribution in [3.05, 3.63) is 7.11 Å². The molecule has 13 heavy (non-hydrogen) atoms. The number of ether oxygens (including phenoxy) is 1. The van der Waals surface area contributed by atoms with Crippen LogP contribution in [-0.4, -0.2) is 18.6 Å². The fourth-order valence-corrected chi connectivity index (χ4v) is 1.79. The summed E-state index contributed by atoms with van der Waals surface area (Å²) in [5, 5.41) is 2.96. The summed E-state index contributed by atoms with van der Waals surface area (Å²) in [6, 6.07) is 0.366. The molecule has 0 aromatic rings. The van der Waals surface area contributed by atoms with Gasteiger partial charge in [-0.05, 0) is 12.8 Å². The van der Waals surface area contributed by atoms with Crippen LogP contribution in [0, 0.1) is 7.11 Å². The first-order valence-electron chi connectivity index (χ1n) is 4.99. The maximum Gasteiger partial charge on any atom is 0.246 e. The van der Waals surface area contributed by atoms with Gasteiger partial charge in [-0.15, -0.1) is 0 Å². The van der Waals surface area contributed by atoms with Crippen LogP contribution in [0.2, 0.25) is 0 Å². The highest BCUT2D eigenvalue weighted by Gasteiger charge is 2.13. The van der Waals surface area contributed by atoms with Crippen LogP contribution in [-0.2, 0) is 9.53 Å². The fraction of sp³-hybridized carbons (Fsp3) is 0.800. The van der Waals surface area contributed by atoms with E-state index in [-0.39, 0.29) is 12.5 Å². The molecule has 1 rings (SSSR count). The second kappa shape index (κ2) is 5.97. The van der Waals surface area contributed by atoms with E-state index in [0.717, 1.165) is 12.8 Å². The van der Waals surface area contributed by atoms with Crippen molar-refractivity contribution in [2.45, 2.75) is 44.6 Å². The molecule has 0 bridgehead atoms. The smallest absolute Gasteiger partial charge is 0.246 e. The van der Waals surface area contributed by atoms with Crippen molar-refractivity contribution in [3.63, 3.8) is 0 Å². The molecule has 0 unspecified atom stereocenters. The molecule has 3 nitrogen and oxygen atoms in total. The van der Waals surface area contributed by atoms with Crippen molar-refractivity contribution < 1.29 is 9.53 Å². The Balaban J connectivity index is 2.21. The highest BCUT2D eigenvalue weighted by atomic mass is 16.5. The Morgan fingerprint density at radius 2 is 1.92 bits per heavy atom. The van der Waals surface area contributed by atoms with Crippen LogP contribution in [0.25, 0.3) is 0 Å². The van der Waals surface area contributed by atoms with Crippen molar-refractivity contribution in [1.82, 2.24) is 5.32 Å². The van der Waals surface area contributed by atoms with Gasteiger partial charge in [0.25, 0.3) is 0 Å². The molecule has 0 aromatic heterocycles. The molecule has 1 saturated carbocycles. The summed E-state index contributed by atoms with van der Waals surface area (Å²) in [6.07, 6.45) is 7.30. The van der Waals surface area contributed by atoms with Gasteiger partial charge in [0.1, 0.15) is 6.61 Å². The Hall–Kier alpha value is -0.570. The first kappa shape index (κ1) is 10.5. The molecule has 0 aromatic carbocycles. The van der Waals surface area contributed by atoms with Gasteiger partial charge in [-0.3, -0.25) is 4.79 Å². The van der Waals surface area contributed by atoms with E-state index in [4.69, 9.17) is 0 Å². The van der Waals surface area contributed by atoms with Gasteiger partial charge in [0, 0.05) is 6.04 Å². The molecular formula is C10H18NO2. The molecule has 1 radical (unpaired) electrons. The molecule has 75 valence electrons. The first-order chi connectivity index (χ1) is 6.33. The zero-order valence-electron chi connectivity index (χ0n) is 8.05. The number of carbonyl (C=O) groups is 1. The molecule has 1 amide bonds. The summed E-state index contributed by atoms with van der Waals surface area (Å²) < 4.78 is 4.51. The van der Waals surface area contributed by atoms with E-state index < -0.39 is 0 Å². The molecule has 0 spiro atoms. The fourth-order valence-electron chi connectivity index (χ4n) is 1.79. The minimum Gasteiger partial charge on any atom is -0.369 e. The lowest BCUT2D eigenvalue weighted by Crippen LogP contribution is -2.36. The van der Waals surface area contributed by atoms with E-state index in [1.165, 1.54) is 25.7 Å². The molecule has 0 atom stereocenters. The molecule has 0 heterocycles. The van der Waals surface area contributed by atoms with Gasteiger partial charge < -0.3 is 10.1 Å². The van der Waals surface area contributed by atoms with E-state index in [9.17, 15) is 4.79 Å². The largest absolute Gasteiger partial charge is 0.369 e. The maximum absolute atomic E-state index is 11.1. The molecule has 0 aliphatic heterocycles. The van der Waals surface area contributed by atoms with Gasteiger partial charge >= 0.3 is 0 Å². The lowest BCUT2D eigenvalue weighted by molar-refractivity contribution is -0.124. The van der Waals surface area contributed by atoms with Crippen molar-refractivity contribution >= 4 is 5.91 Å². The van der Waals surface area contributed by atoms with Crippen LogP contribution in [0.15, 0.2) is 0 Å². The lowest BCUT2D eigenvalue weighted by Gasteiger charge is -2.15. The van der Waals surface area contributed by atoms with Gasteiger partial charge in [-0.2, -0.15) is 0 Å². The summed E-state index contributed by atoms with van der Waals surface area (Å²) in [7, 11) is 3.18. The van der Waals surface area contributed by atoms with Crippen molar-refractivity contribution in [1.29, 1.82) is 0 Å². The molecule has 0 saturated heterocycles. The molecule has 3 heteroatoms. The Labute approximate surface area is 79.8 Å². The van der Waals surface area contributed by atoms with Crippen LogP contribution in [0.1, 0.15) is 38.5 Å². The minimum absolute atomic E-state index is 0.0399. The quantitative estimate of drug-likeness (QED) is 0.677. The maximum atomic E-state index is 11.1. The molecule has 1 aliphatic carbocycles. The summed E-state index contributed by atoms with van der Waals surface area (Å²) in [6.45, 7) is 0.0799. The molecule has 1 fully saturated rings. The number of carbonyl (C=O) groups excluding carboxylic acids is 1. The summed E-state index contributed by atoms with van der Waals surface area (Å²) in [5.41, 5.74) is 0. The van der Waals surface area contributed by atoms with Crippen LogP contribution in [0.3, 0.4) is 0 Å². The van der Waals surface area contributed by atoms with Crippen molar-refractivity contribution in [2.24, 2.45) is 0 Å². The Bertz CT molecular complexity index is 151. The Morgan fingerprint density at radius 3 is 2.46 bits per heavy atom. The monoisotopic (exact) mass is 184 g/mol. The zero-order chi connectivity index (χ0) is 9.52. The number of hydrogen-bond acceptors (Lipinski definition) is 2. The van der Waals surface area contributed by atoms with Crippen molar-refractivity contribution in [2.75, 3.05) is 6.61 Å². The number of nitrogens with one attached hydrogen (secondary N) is 1. The summed E-state index contributed by atoms with van der Waals surface area (Å²) >= 11 is 0. The third kappa shape index (κ3) is 4.27. The third-order valence-electron chi connectivity index (χ3n) is 2.45. The molecule has 1 N–H and O–H groups in total. The standard InChI is InChI=1S/C10H18NO2/c1-13-8-10(12)11-9-6-4-2-3-5-7-9/h9H,1-8H2,(H,11,12). The van der Waals surface area contributed by atoms with Crippen LogP contribution in [0.5, 0.6) is 0 Å². The van der Waals surface area contributed by atoms with Gasteiger partial charge in [-0.1, -0.05) is 25.7 Å². The van der Waals surface area contributed by atoms with E-state index in [1.54, 1.807) is 0 Å². The zero-order valence-corrected chi connectivity index (χ0v) is 8.05. The van der Waals surface area contributed by atoms with E-state index in [2.05, 4.69) is 17.2 Å². The normalized spacial score (nSPS) is 19.5. The van der Waals surface area contributed by atoms with E-state index >= 15 is 0 Å². The summed E-state index contributed by atoms with van der Waals surface area (Å²) in [4.78, 5) is 11.1. The van der Waals surface area contributed by atoms with Crippen LogP contribution >= 0.6 is 0 Å². The average Bonchev–Trinajstić information content (AvgIpc) is 2.33. The first-order valence-corrected chi connectivity index (χ1v) is 4.99. The van der Waals surface area contributed by atoms with Crippen molar-refractivity contribution in [3.8, 4) is 0 Å². The van der Waals surface area contributed by atoms with Gasteiger partial charge in [0.2, 0.25) is 5.91 Å². The lowest BCUT2D eigenvalue weighted by atomic mass is 10.1. The number of amides is 1. The minimum atomic E-state index is -0.0399. The van der Waals surface area contributed by atoms with E-state index in [1.807, 2.05) is 0 Å². The average molecular weight is 184 g/mol. The van der Waals surface area contributed by atoms with Crippen LogP contribution in [0.4, 0.5) is 0 Å². The third-order valence-corrected chi connectivity index (χ3v) is 2.45. The van der Waals surface area contributed by atoms with Gasteiger partial charge in [0.05, 0.1) is 7.11 Å². The highest BCUT2D eigenvalue weighted by molar-refractivity contribution is 5.77. The Kier molecular flexibility index (Phi) is 4.83. The predicted molar refractivity (Wildman–Crippen MR) is 50.9 cm³/mol. The molecule has 1 aliphatic rings. The second-order valence-corrected chi connectivity index (χ2v) is 3.60. The predicted octanol–water partition coefficient (Wildman–Crippen LogP) is 1.63. The highest BCUT2D eigenvalue weighted by Crippen LogP contribution is 2.16. The Morgan fingerprint density at radius 1 is 1.31 bits per heavy atom. The van der Waals surface area contributed by atoms with Gasteiger partial charge in [-0.25, -0.2) is 0 Å².